The van der Waals surface area contributed by atoms with Crippen molar-refractivity contribution in [1.29, 1.82) is 0 Å². The molecule has 0 heterocycles. The average Bonchev–Trinajstić information content (AvgIpc) is 2.38. The molecule has 0 rings (SSSR count). The molecule has 0 saturated heterocycles. The van der Waals surface area contributed by atoms with Crippen LogP contribution < -0.4 is 0 Å². The highest BCUT2D eigenvalue weighted by molar-refractivity contribution is 14.1. The number of ether oxygens (including phenoxy) is 1. The molecule has 24 heavy (non-hydrogen) atoms. The number of alkyl halides is 8. The zero-order valence-electron chi connectivity index (χ0n) is 13.0. The van der Waals surface area contributed by atoms with Crippen LogP contribution in [-0.2, 0) is 4.74 Å². The second kappa shape index (κ2) is 11.0. The highest BCUT2D eigenvalue weighted by Crippen LogP contribution is 2.43. The van der Waals surface area contributed by atoms with Crippen LogP contribution in [0.15, 0.2) is 0 Å². The van der Waals surface area contributed by atoms with E-state index in [2.05, 4.69) is 4.74 Å². The molecule has 1 atom stereocenters. The van der Waals surface area contributed by atoms with Gasteiger partial charge >= 0.3 is 18.4 Å². The minimum atomic E-state index is -5.83. The van der Waals surface area contributed by atoms with Crippen molar-refractivity contribution in [1.82, 2.24) is 0 Å². The minimum Gasteiger partial charge on any atom is -0.396 e. The smallest absolute Gasteiger partial charge is 0.396 e. The van der Waals surface area contributed by atoms with E-state index in [1.165, 1.54) is 0 Å². The van der Waals surface area contributed by atoms with Gasteiger partial charge in [-0.25, -0.2) is 4.74 Å². The van der Waals surface area contributed by atoms with Gasteiger partial charge in [0.2, 0.25) is 0 Å². The maximum absolute atomic E-state index is 13.3. The molecule has 0 aromatic heterocycles. The molecule has 0 spiro atoms. The highest BCUT2D eigenvalue weighted by Gasteiger charge is 2.62. The zero-order chi connectivity index (χ0) is 18.9. The molecule has 0 aromatic carbocycles. The molecule has 146 valence electrons. The Bertz CT molecular complexity index is 338. The first-order chi connectivity index (χ1) is 10.9. The van der Waals surface area contributed by atoms with E-state index in [1.54, 1.807) is 22.6 Å². The highest BCUT2D eigenvalue weighted by atomic mass is 127. The number of aliphatic hydroxyl groups excluding tert-OH is 1. The lowest BCUT2D eigenvalue weighted by molar-refractivity contribution is -0.466. The van der Waals surface area contributed by atoms with Gasteiger partial charge in [-0.15, -0.1) is 13.2 Å². The number of unbranched alkanes of at least 4 members (excludes halogenated alkanes) is 6. The number of hydrogen-bond donors (Lipinski definition) is 1. The third-order valence-electron chi connectivity index (χ3n) is 3.32. The number of rotatable bonds is 13. The standard InChI is InChI=1S/C14H22F7IO2/c15-12(16,13(17,18)24-14(19,20)21)10-11(22)8-6-4-2-1-3-5-7-9-23/h11,23H,1-10H2. The van der Waals surface area contributed by atoms with E-state index in [1.807, 2.05) is 0 Å². The Kier molecular flexibility index (Phi) is 11.1. The fourth-order valence-corrected chi connectivity index (χ4v) is 3.07. The summed E-state index contributed by atoms with van der Waals surface area (Å²) in [5.74, 6) is -4.89. The van der Waals surface area contributed by atoms with Gasteiger partial charge in [0, 0.05) is 17.0 Å². The summed E-state index contributed by atoms with van der Waals surface area (Å²) in [4.78, 5) is 0. The molecule has 0 aliphatic carbocycles. The van der Waals surface area contributed by atoms with E-state index in [-0.39, 0.29) is 13.0 Å². The van der Waals surface area contributed by atoms with Crippen LogP contribution in [0.1, 0.15) is 57.8 Å². The van der Waals surface area contributed by atoms with Crippen LogP contribution in [0.5, 0.6) is 0 Å². The lowest BCUT2D eigenvalue weighted by atomic mass is 10.0. The largest absolute Gasteiger partial charge is 0.527 e. The Labute approximate surface area is 150 Å². The van der Waals surface area contributed by atoms with Crippen LogP contribution >= 0.6 is 22.6 Å². The molecular weight excluding hydrogens is 460 g/mol. The van der Waals surface area contributed by atoms with Crippen molar-refractivity contribution in [2.75, 3.05) is 6.61 Å². The summed E-state index contributed by atoms with van der Waals surface area (Å²) in [6.07, 6.45) is -6.92. The number of aliphatic hydroxyl groups is 1. The molecule has 1 unspecified atom stereocenters. The molecule has 0 aliphatic heterocycles. The van der Waals surface area contributed by atoms with Crippen LogP contribution in [0.4, 0.5) is 30.7 Å². The molecule has 10 heteroatoms. The molecule has 2 nitrogen and oxygen atoms in total. The minimum absolute atomic E-state index is 0.146. The lowest BCUT2D eigenvalue weighted by Crippen LogP contribution is -2.47. The van der Waals surface area contributed by atoms with Gasteiger partial charge in [-0.05, 0) is 12.8 Å². The van der Waals surface area contributed by atoms with Crippen LogP contribution in [0, 0.1) is 0 Å². The topological polar surface area (TPSA) is 29.5 Å². The Balaban J connectivity index is 4.05. The van der Waals surface area contributed by atoms with Crippen molar-refractivity contribution in [3.63, 3.8) is 0 Å². The Morgan fingerprint density at radius 1 is 0.792 bits per heavy atom. The summed E-state index contributed by atoms with van der Waals surface area (Å²) < 4.78 is 89.2. The van der Waals surface area contributed by atoms with Gasteiger partial charge in [-0.1, -0.05) is 61.1 Å². The lowest BCUT2D eigenvalue weighted by Gasteiger charge is -2.28. The van der Waals surface area contributed by atoms with E-state index in [9.17, 15) is 30.7 Å². The van der Waals surface area contributed by atoms with Gasteiger partial charge in [0.1, 0.15) is 0 Å². The Hall–Kier alpha value is 0.160. The number of hydrogen-bond acceptors (Lipinski definition) is 2. The van der Waals surface area contributed by atoms with E-state index in [0.29, 0.717) is 6.42 Å². The first-order valence-electron chi connectivity index (χ1n) is 7.69. The fraction of sp³-hybridized carbons (Fsp3) is 1.00. The fourth-order valence-electron chi connectivity index (χ4n) is 2.08. The molecule has 0 aromatic rings. The van der Waals surface area contributed by atoms with E-state index in [0.717, 1.165) is 38.5 Å². The zero-order valence-corrected chi connectivity index (χ0v) is 15.2. The van der Waals surface area contributed by atoms with Crippen molar-refractivity contribution in [3.8, 4) is 0 Å². The first-order valence-corrected chi connectivity index (χ1v) is 8.93. The predicted molar refractivity (Wildman–Crippen MR) is 83.5 cm³/mol. The van der Waals surface area contributed by atoms with Gasteiger partial charge in [0.05, 0.1) is 0 Å². The first kappa shape index (κ1) is 24.2. The van der Waals surface area contributed by atoms with Crippen molar-refractivity contribution < 1.29 is 40.6 Å². The van der Waals surface area contributed by atoms with Gasteiger partial charge in [0.25, 0.3) is 0 Å². The molecular formula is C14H22F7IO2. The van der Waals surface area contributed by atoms with Crippen LogP contribution in [0.25, 0.3) is 0 Å². The summed E-state index contributed by atoms with van der Waals surface area (Å²) in [5.41, 5.74) is 0. The third-order valence-corrected chi connectivity index (χ3v) is 4.39. The maximum Gasteiger partial charge on any atom is 0.527 e. The van der Waals surface area contributed by atoms with Crippen molar-refractivity contribution >= 4 is 22.6 Å². The summed E-state index contributed by atoms with van der Waals surface area (Å²) in [6.45, 7) is 0.146. The normalized spacial score (nSPS) is 14.9. The Morgan fingerprint density at radius 2 is 1.25 bits per heavy atom. The second-order valence-corrected chi connectivity index (χ2v) is 7.32. The van der Waals surface area contributed by atoms with Gasteiger partial charge in [-0.2, -0.15) is 17.6 Å². The Morgan fingerprint density at radius 3 is 1.71 bits per heavy atom. The van der Waals surface area contributed by atoms with Crippen LogP contribution in [0.3, 0.4) is 0 Å². The summed E-state index contributed by atoms with van der Waals surface area (Å²) >= 11 is 1.55. The quantitative estimate of drug-likeness (QED) is 0.150. The van der Waals surface area contributed by atoms with Crippen LogP contribution in [-0.4, -0.2) is 34.0 Å². The SMILES string of the molecule is OCCCCCCCCCC(I)CC(F)(F)C(F)(F)OC(F)(F)F. The summed E-state index contributed by atoms with van der Waals surface area (Å²) in [6, 6.07) is 0. The van der Waals surface area contributed by atoms with E-state index >= 15 is 0 Å². The summed E-state index contributed by atoms with van der Waals surface area (Å²) in [7, 11) is 0. The molecule has 0 fully saturated rings. The van der Waals surface area contributed by atoms with Gasteiger partial charge in [-0.3, -0.25) is 0 Å². The molecule has 0 amide bonds. The van der Waals surface area contributed by atoms with E-state index < -0.39 is 28.7 Å². The number of halogens is 8. The molecule has 0 radical (unpaired) electrons. The maximum atomic E-state index is 13.3. The molecule has 0 bridgehead atoms. The monoisotopic (exact) mass is 482 g/mol. The average molecular weight is 482 g/mol. The molecule has 0 aliphatic rings. The van der Waals surface area contributed by atoms with Crippen molar-refractivity contribution in [2.45, 2.75) is 80.1 Å². The molecule has 1 N–H and O–H groups in total. The molecule has 0 saturated carbocycles. The van der Waals surface area contributed by atoms with Gasteiger partial charge in [0.15, 0.2) is 0 Å². The third kappa shape index (κ3) is 10.9. The van der Waals surface area contributed by atoms with Crippen molar-refractivity contribution in [2.24, 2.45) is 0 Å². The predicted octanol–water partition coefficient (Wildman–Crippen LogP) is 6.06. The second-order valence-electron chi connectivity index (χ2n) is 5.56. The van der Waals surface area contributed by atoms with Crippen LogP contribution in [0.2, 0.25) is 0 Å². The van der Waals surface area contributed by atoms with Crippen molar-refractivity contribution in [3.05, 3.63) is 0 Å². The van der Waals surface area contributed by atoms with Gasteiger partial charge < -0.3 is 5.11 Å². The van der Waals surface area contributed by atoms with E-state index in [4.69, 9.17) is 5.11 Å². The summed E-state index contributed by atoms with van der Waals surface area (Å²) in [5, 5.41) is 8.59.